The topological polar surface area (TPSA) is 96.2 Å². The minimum Gasteiger partial charge on any atom is -0.399 e. The first-order valence-electron chi connectivity index (χ1n) is 6.29. The standard InChI is InChI=1S/C13H20N4O2/c1-2-8-15-12(18)7-9-16-13(19)17-11-5-3-10(14)4-6-11/h3-6H,2,7-9,14H2,1H3,(H,15,18)(H2,16,17,19). The Morgan fingerprint density at radius 2 is 1.79 bits per heavy atom. The fraction of sp³-hybridized carbons (Fsp3) is 0.385. The van der Waals surface area contributed by atoms with Crippen LogP contribution in [0.2, 0.25) is 0 Å². The van der Waals surface area contributed by atoms with Crippen molar-refractivity contribution in [2.75, 3.05) is 24.1 Å². The molecule has 0 heterocycles. The normalized spacial score (nSPS) is 9.74. The van der Waals surface area contributed by atoms with Crippen molar-refractivity contribution >= 4 is 23.3 Å². The van der Waals surface area contributed by atoms with Crippen LogP contribution in [0.15, 0.2) is 24.3 Å². The Morgan fingerprint density at radius 3 is 2.42 bits per heavy atom. The number of amides is 3. The van der Waals surface area contributed by atoms with E-state index in [2.05, 4.69) is 16.0 Å². The lowest BCUT2D eigenvalue weighted by molar-refractivity contribution is -0.120. The Bertz CT molecular complexity index is 417. The van der Waals surface area contributed by atoms with E-state index in [1.54, 1.807) is 24.3 Å². The van der Waals surface area contributed by atoms with Crippen LogP contribution in [0.4, 0.5) is 16.2 Å². The number of nitrogen functional groups attached to an aromatic ring is 1. The van der Waals surface area contributed by atoms with Gasteiger partial charge in [-0.05, 0) is 30.7 Å². The van der Waals surface area contributed by atoms with Gasteiger partial charge in [-0.25, -0.2) is 4.79 Å². The first kappa shape index (κ1) is 14.8. The number of nitrogens with one attached hydrogen (secondary N) is 3. The van der Waals surface area contributed by atoms with Crippen molar-refractivity contribution in [1.82, 2.24) is 10.6 Å². The molecule has 1 aromatic carbocycles. The fourth-order valence-corrected chi connectivity index (χ4v) is 1.38. The van der Waals surface area contributed by atoms with Gasteiger partial charge in [-0.15, -0.1) is 0 Å². The number of carbonyl (C=O) groups excluding carboxylic acids is 2. The maximum absolute atomic E-state index is 11.5. The van der Waals surface area contributed by atoms with E-state index in [-0.39, 0.29) is 18.4 Å². The van der Waals surface area contributed by atoms with Gasteiger partial charge in [0, 0.05) is 30.9 Å². The van der Waals surface area contributed by atoms with Gasteiger partial charge in [-0.3, -0.25) is 4.79 Å². The average molecular weight is 264 g/mol. The predicted octanol–water partition coefficient (Wildman–Crippen LogP) is 1.31. The summed E-state index contributed by atoms with van der Waals surface area (Å²) < 4.78 is 0. The van der Waals surface area contributed by atoms with E-state index in [0.29, 0.717) is 24.5 Å². The molecule has 5 N–H and O–H groups in total. The smallest absolute Gasteiger partial charge is 0.319 e. The van der Waals surface area contributed by atoms with Gasteiger partial charge in [-0.1, -0.05) is 6.92 Å². The number of hydrogen-bond donors (Lipinski definition) is 4. The zero-order valence-electron chi connectivity index (χ0n) is 11.0. The Labute approximate surface area is 112 Å². The molecule has 0 spiro atoms. The average Bonchev–Trinajstić information content (AvgIpc) is 2.39. The van der Waals surface area contributed by atoms with Crippen LogP contribution in [0.25, 0.3) is 0 Å². The monoisotopic (exact) mass is 264 g/mol. The number of carbonyl (C=O) groups is 2. The van der Waals surface area contributed by atoms with Crippen LogP contribution in [0.3, 0.4) is 0 Å². The molecule has 1 aromatic rings. The zero-order valence-corrected chi connectivity index (χ0v) is 11.0. The molecule has 6 heteroatoms. The molecule has 0 bridgehead atoms. The van der Waals surface area contributed by atoms with Crippen molar-refractivity contribution in [1.29, 1.82) is 0 Å². The number of urea groups is 1. The Kier molecular flexibility index (Phi) is 6.21. The van der Waals surface area contributed by atoms with Gasteiger partial charge in [0.25, 0.3) is 0 Å². The molecular formula is C13H20N4O2. The lowest BCUT2D eigenvalue weighted by atomic mass is 10.3. The second-order valence-electron chi connectivity index (χ2n) is 4.10. The highest BCUT2D eigenvalue weighted by atomic mass is 16.2. The molecule has 0 fully saturated rings. The van der Waals surface area contributed by atoms with Crippen LogP contribution in [0.5, 0.6) is 0 Å². The summed E-state index contributed by atoms with van der Waals surface area (Å²) in [6.07, 6.45) is 1.17. The van der Waals surface area contributed by atoms with Crippen molar-refractivity contribution in [2.24, 2.45) is 0 Å². The van der Waals surface area contributed by atoms with Crippen LogP contribution in [-0.2, 0) is 4.79 Å². The molecule has 0 aliphatic heterocycles. The number of anilines is 2. The molecule has 104 valence electrons. The van der Waals surface area contributed by atoms with E-state index in [1.807, 2.05) is 6.92 Å². The summed E-state index contributed by atoms with van der Waals surface area (Å²) in [5.74, 6) is -0.0605. The maximum atomic E-state index is 11.5. The van der Waals surface area contributed by atoms with Gasteiger partial charge in [-0.2, -0.15) is 0 Å². The third-order valence-electron chi connectivity index (χ3n) is 2.38. The molecular weight excluding hydrogens is 244 g/mol. The molecule has 0 saturated heterocycles. The van der Waals surface area contributed by atoms with Crippen LogP contribution in [-0.4, -0.2) is 25.0 Å². The van der Waals surface area contributed by atoms with Crippen LogP contribution in [0.1, 0.15) is 19.8 Å². The lowest BCUT2D eigenvalue weighted by Gasteiger charge is -2.08. The highest BCUT2D eigenvalue weighted by Gasteiger charge is 2.03. The number of nitrogens with two attached hydrogens (primary N) is 1. The van der Waals surface area contributed by atoms with Gasteiger partial charge < -0.3 is 21.7 Å². The molecule has 0 atom stereocenters. The SMILES string of the molecule is CCCNC(=O)CCNC(=O)Nc1ccc(N)cc1. The van der Waals surface area contributed by atoms with Gasteiger partial charge in [0.15, 0.2) is 0 Å². The zero-order chi connectivity index (χ0) is 14.1. The fourth-order valence-electron chi connectivity index (χ4n) is 1.38. The minimum absolute atomic E-state index is 0.0605. The highest BCUT2D eigenvalue weighted by Crippen LogP contribution is 2.09. The third-order valence-corrected chi connectivity index (χ3v) is 2.38. The molecule has 0 unspecified atom stereocenters. The molecule has 0 aliphatic carbocycles. The van der Waals surface area contributed by atoms with E-state index in [9.17, 15) is 9.59 Å². The largest absolute Gasteiger partial charge is 0.399 e. The summed E-state index contributed by atoms with van der Waals surface area (Å²) in [5.41, 5.74) is 6.83. The van der Waals surface area contributed by atoms with Gasteiger partial charge in [0.05, 0.1) is 0 Å². The van der Waals surface area contributed by atoms with E-state index in [4.69, 9.17) is 5.73 Å². The summed E-state index contributed by atoms with van der Waals surface area (Å²) in [6, 6.07) is 6.49. The minimum atomic E-state index is -0.340. The predicted molar refractivity (Wildman–Crippen MR) is 75.8 cm³/mol. The van der Waals surface area contributed by atoms with Crippen LogP contribution in [0, 0.1) is 0 Å². The Balaban J connectivity index is 2.21. The lowest BCUT2D eigenvalue weighted by Crippen LogP contribution is -2.33. The van der Waals surface area contributed by atoms with E-state index in [0.717, 1.165) is 6.42 Å². The molecule has 0 saturated carbocycles. The second-order valence-corrected chi connectivity index (χ2v) is 4.10. The van der Waals surface area contributed by atoms with E-state index >= 15 is 0 Å². The number of hydrogen-bond acceptors (Lipinski definition) is 3. The van der Waals surface area contributed by atoms with Crippen molar-refractivity contribution in [3.05, 3.63) is 24.3 Å². The van der Waals surface area contributed by atoms with Crippen molar-refractivity contribution in [2.45, 2.75) is 19.8 Å². The number of rotatable bonds is 6. The summed E-state index contributed by atoms with van der Waals surface area (Å²) in [6.45, 7) is 2.95. The van der Waals surface area contributed by atoms with Gasteiger partial charge in [0.1, 0.15) is 0 Å². The molecule has 3 amide bonds. The summed E-state index contributed by atoms with van der Waals surface area (Å²) in [7, 11) is 0. The summed E-state index contributed by atoms with van der Waals surface area (Å²) in [4.78, 5) is 22.8. The molecule has 19 heavy (non-hydrogen) atoms. The van der Waals surface area contributed by atoms with Crippen molar-refractivity contribution < 1.29 is 9.59 Å². The molecule has 0 radical (unpaired) electrons. The first-order chi connectivity index (χ1) is 9.11. The summed E-state index contributed by atoms with van der Waals surface area (Å²) >= 11 is 0. The third kappa shape index (κ3) is 6.30. The molecule has 1 rings (SSSR count). The van der Waals surface area contributed by atoms with Gasteiger partial charge >= 0.3 is 6.03 Å². The van der Waals surface area contributed by atoms with Crippen LogP contribution >= 0.6 is 0 Å². The van der Waals surface area contributed by atoms with Crippen molar-refractivity contribution in [3.63, 3.8) is 0 Å². The quantitative estimate of drug-likeness (QED) is 0.583. The van der Waals surface area contributed by atoms with Gasteiger partial charge in [0.2, 0.25) is 5.91 Å². The van der Waals surface area contributed by atoms with Crippen molar-refractivity contribution in [3.8, 4) is 0 Å². The Hall–Kier alpha value is -2.24. The van der Waals surface area contributed by atoms with E-state index < -0.39 is 0 Å². The van der Waals surface area contributed by atoms with E-state index in [1.165, 1.54) is 0 Å². The molecule has 6 nitrogen and oxygen atoms in total. The maximum Gasteiger partial charge on any atom is 0.319 e. The second kappa shape index (κ2) is 7.97. The molecule has 0 aromatic heterocycles. The number of benzene rings is 1. The summed E-state index contributed by atoms with van der Waals surface area (Å²) in [5, 5.41) is 8.00. The van der Waals surface area contributed by atoms with Crippen LogP contribution < -0.4 is 21.7 Å². The molecule has 0 aliphatic rings. The highest BCUT2D eigenvalue weighted by molar-refractivity contribution is 5.89. The first-order valence-corrected chi connectivity index (χ1v) is 6.29. The Morgan fingerprint density at radius 1 is 1.11 bits per heavy atom.